The number of halogens is 1. The van der Waals surface area contributed by atoms with Gasteiger partial charge in [-0.25, -0.2) is 9.18 Å². The van der Waals surface area contributed by atoms with Gasteiger partial charge in [-0.05, 0) is 37.3 Å². The molecule has 2 N–H and O–H groups in total. The number of carbonyl (C=O) groups excluding carboxylic acids is 1. The van der Waals surface area contributed by atoms with Crippen LogP contribution in [0.2, 0.25) is 0 Å². The minimum atomic E-state index is -0.486. The summed E-state index contributed by atoms with van der Waals surface area (Å²) >= 11 is 0. The van der Waals surface area contributed by atoms with E-state index in [0.29, 0.717) is 6.61 Å². The number of methoxy groups -OCH3 is 1. The number of hydrogen-bond acceptors (Lipinski definition) is 2. The van der Waals surface area contributed by atoms with Gasteiger partial charge in [0, 0.05) is 25.2 Å². The Morgan fingerprint density at radius 1 is 1.38 bits per heavy atom. The number of urea groups is 1. The smallest absolute Gasteiger partial charge is 0.319 e. The van der Waals surface area contributed by atoms with E-state index in [4.69, 9.17) is 4.74 Å². The van der Waals surface area contributed by atoms with Gasteiger partial charge < -0.3 is 19.9 Å². The molecule has 0 radical (unpaired) electrons. The number of nitrogens with zero attached hydrogens (tertiary/aromatic N) is 1. The lowest BCUT2D eigenvalue weighted by atomic mass is 10.2. The maximum atomic E-state index is 13.8. The molecule has 1 aromatic heterocycles. The monoisotopic (exact) mass is 291 g/mol. The molecule has 0 unspecified atom stereocenters. The number of benzene rings is 1. The van der Waals surface area contributed by atoms with Gasteiger partial charge in [0.05, 0.1) is 18.3 Å². The summed E-state index contributed by atoms with van der Waals surface area (Å²) in [4.78, 5) is 11.8. The Labute approximate surface area is 122 Å². The predicted molar refractivity (Wildman–Crippen MR) is 79.2 cm³/mol. The highest BCUT2D eigenvalue weighted by Crippen LogP contribution is 2.19. The van der Waals surface area contributed by atoms with Crippen molar-refractivity contribution in [3.63, 3.8) is 0 Å². The molecule has 0 fully saturated rings. The second kappa shape index (κ2) is 6.90. The van der Waals surface area contributed by atoms with Crippen molar-refractivity contribution in [3.05, 3.63) is 48.5 Å². The van der Waals surface area contributed by atoms with Crippen LogP contribution in [-0.4, -0.2) is 30.4 Å². The summed E-state index contributed by atoms with van der Waals surface area (Å²) in [6.45, 7) is 2.19. The van der Waals surface area contributed by atoms with Crippen LogP contribution >= 0.6 is 0 Å². The van der Waals surface area contributed by atoms with Crippen molar-refractivity contribution in [3.8, 4) is 5.69 Å². The van der Waals surface area contributed by atoms with Crippen LogP contribution in [0.4, 0.5) is 14.9 Å². The lowest BCUT2D eigenvalue weighted by Gasteiger charge is -2.14. The first kappa shape index (κ1) is 15.1. The number of hydrogen-bond donors (Lipinski definition) is 2. The largest absolute Gasteiger partial charge is 0.383 e. The summed E-state index contributed by atoms with van der Waals surface area (Å²) in [7, 11) is 1.55. The normalized spacial score (nSPS) is 12.0. The molecule has 0 bridgehead atoms. The lowest BCUT2D eigenvalue weighted by molar-refractivity contribution is 0.173. The van der Waals surface area contributed by atoms with Crippen molar-refractivity contribution in [1.29, 1.82) is 0 Å². The molecule has 5 nitrogen and oxygen atoms in total. The Kier molecular flexibility index (Phi) is 4.94. The summed E-state index contributed by atoms with van der Waals surface area (Å²) in [6, 6.07) is 7.66. The lowest BCUT2D eigenvalue weighted by Crippen LogP contribution is -2.38. The van der Waals surface area contributed by atoms with Crippen molar-refractivity contribution in [1.82, 2.24) is 9.88 Å². The Morgan fingerprint density at radius 2 is 2.10 bits per heavy atom. The molecule has 0 saturated carbocycles. The van der Waals surface area contributed by atoms with E-state index in [1.165, 1.54) is 6.07 Å². The van der Waals surface area contributed by atoms with Crippen molar-refractivity contribution >= 4 is 11.7 Å². The fourth-order valence-corrected chi connectivity index (χ4v) is 1.95. The zero-order valence-electron chi connectivity index (χ0n) is 12.0. The number of nitrogens with one attached hydrogen (secondary N) is 2. The van der Waals surface area contributed by atoms with Crippen LogP contribution in [0.3, 0.4) is 0 Å². The number of rotatable bonds is 5. The Balaban J connectivity index is 2.09. The maximum absolute atomic E-state index is 13.8. The Hall–Kier alpha value is -2.34. The van der Waals surface area contributed by atoms with Crippen LogP contribution < -0.4 is 10.6 Å². The first-order chi connectivity index (χ1) is 10.1. The highest BCUT2D eigenvalue weighted by Gasteiger charge is 2.10. The zero-order chi connectivity index (χ0) is 15.2. The number of carbonyl (C=O) groups is 1. The minimum absolute atomic E-state index is 0.128. The molecule has 6 heteroatoms. The van der Waals surface area contributed by atoms with Crippen LogP contribution in [0.1, 0.15) is 6.92 Å². The third-order valence-corrected chi connectivity index (χ3v) is 2.89. The first-order valence-electron chi connectivity index (χ1n) is 6.59. The fourth-order valence-electron chi connectivity index (χ4n) is 1.95. The third-order valence-electron chi connectivity index (χ3n) is 2.89. The van der Waals surface area contributed by atoms with Crippen LogP contribution in [0.25, 0.3) is 5.69 Å². The molecule has 112 valence electrons. The third kappa shape index (κ3) is 4.06. The maximum Gasteiger partial charge on any atom is 0.319 e. The van der Waals surface area contributed by atoms with Crippen molar-refractivity contribution in [2.24, 2.45) is 0 Å². The molecule has 1 aromatic carbocycles. The SMILES string of the molecule is COC[C@H](C)NC(=O)Nc1cc(-n2cccc2)ccc1F. The molecule has 2 rings (SSSR count). The van der Waals surface area contributed by atoms with Gasteiger partial charge in [-0.2, -0.15) is 0 Å². The van der Waals surface area contributed by atoms with Crippen molar-refractivity contribution < 1.29 is 13.9 Å². The van der Waals surface area contributed by atoms with Crippen LogP contribution in [0.5, 0.6) is 0 Å². The standard InChI is InChI=1S/C15H18FN3O2/c1-11(10-21-2)17-15(20)18-14-9-12(5-6-13(14)16)19-7-3-4-8-19/h3-9,11H,10H2,1-2H3,(H2,17,18,20)/t11-/m0/s1. The number of ether oxygens (including phenoxy) is 1. The average molecular weight is 291 g/mol. The summed E-state index contributed by atoms with van der Waals surface area (Å²) in [6.07, 6.45) is 3.69. The summed E-state index contributed by atoms with van der Waals surface area (Å²) < 4.78 is 20.5. The van der Waals surface area contributed by atoms with E-state index in [0.717, 1.165) is 5.69 Å². The molecule has 2 amide bonds. The van der Waals surface area contributed by atoms with Crippen LogP contribution in [-0.2, 0) is 4.74 Å². The average Bonchev–Trinajstić information content (AvgIpc) is 2.95. The minimum Gasteiger partial charge on any atom is -0.383 e. The fraction of sp³-hybridized carbons (Fsp3) is 0.267. The van der Waals surface area contributed by atoms with E-state index in [9.17, 15) is 9.18 Å². The molecule has 0 aliphatic rings. The second-order valence-electron chi connectivity index (χ2n) is 4.71. The van der Waals surface area contributed by atoms with E-state index in [1.807, 2.05) is 29.1 Å². The van der Waals surface area contributed by atoms with Gasteiger partial charge >= 0.3 is 6.03 Å². The van der Waals surface area contributed by atoms with Gasteiger partial charge in [-0.15, -0.1) is 0 Å². The molecular formula is C15H18FN3O2. The number of anilines is 1. The van der Waals surface area contributed by atoms with Gasteiger partial charge in [-0.3, -0.25) is 0 Å². The molecule has 0 spiro atoms. The first-order valence-corrected chi connectivity index (χ1v) is 6.59. The van der Waals surface area contributed by atoms with Crippen LogP contribution in [0.15, 0.2) is 42.7 Å². The molecule has 0 aliphatic heterocycles. The van der Waals surface area contributed by atoms with Gasteiger partial charge in [0.2, 0.25) is 0 Å². The van der Waals surface area contributed by atoms with E-state index in [2.05, 4.69) is 10.6 Å². The highest BCUT2D eigenvalue weighted by molar-refractivity contribution is 5.89. The number of amides is 2. The highest BCUT2D eigenvalue weighted by atomic mass is 19.1. The van der Waals surface area contributed by atoms with E-state index in [-0.39, 0.29) is 11.7 Å². The van der Waals surface area contributed by atoms with Crippen molar-refractivity contribution in [2.45, 2.75) is 13.0 Å². The molecule has 21 heavy (non-hydrogen) atoms. The van der Waals surface area contributed by atoms with E-state index >= 15 is 0 Å². The quantitative estimate of drug-likeness (QED) is 0.890. The summed E-state index contributed by atoms with van der Waals surface area (Å²) in [5.74, 6) is -0.486. The molecule has 1 atom stereocenters. The topological polar surface area (TPSA) is 55.3 Å². The van der Waals surface area contributed by atoms with Crippen molar-refractivity contribution in [2.75, 3.05) is 19.0 Å². The molecule has 0 aliphatic carbocycles. The molecular weight excluding hydrogens is 273 g/mol. The van der Waals surface area contributed by atoms with Gasteiger partial charge in [-0.1, -0.05) is 0 Å². The molecule has 0 saturated heterocycles. The Morgan fingerprint density at radius 3 is 2.76 bits per heavy atom. The zero-order valence-corrected chi connectivity index (χ0v) is 12.0. The van der Waals surface area contributed by atoms with Gasteiger partial charge in [0.1, 0.15) is 5.82 Å². The molecule has 1 heterocycles. The number of aromatic nitrogens is 1. The van der Waals surface area contributed by atoms with Gasteiger partial charge in [0.25, 0.3) is 0 Å². The van der Waals surface area contributed by atoms with Gasteiger partial charge in [0.15, 0.2) is 0 Å². The summed E-state index contributed by atoms with van der Waals surface area (Å²) in [5, 5.41) is 5.17. The van der Waals surface area contributed by atoms with Crippen LogP contribution in [0, 0.1) is 5.82 Å². The summed E-state index contributed by atoms with van der Waals surface area (Å²) in [5.41, 5.74) is 0.893. The predicted octanol–water partition coefficient (Wildman–Crippen LogP) is 2.77. The second-order valence-corrected chi connectivity index (χ2v) is 4.71. The Bertz CT molecular complexity index is 599. The van der Waals surface area contributed by atoms with E-state index in [1.54, 1.807) is 26.2 Å². The van der Waals surface area contributed by atoms with E-state index < -0.39 is 11.8 Å². The molecule has 2 aromatic rings.